The van der Waals surface area contributed by atoms with E-state index in [9.17, 15) is 18.0 Å². The highest BCUT2D eigenvalue weighted by molar-refractivity contribution is 5.77. The van der Waals surface area contributed by atoms with Crippen LogP contribution in [0, 0.1) is 12.8 Å². The van der Waals surface area contributed by atoms with Gasteiger partial charge in [-0.05, 0) is 38.3 Å². The lowest BCUT2D eigenvalue weighted by atomic mass is 10.0. The molecule has 1 aromatic rings. The van der Waals surface area contributed by atoms with Gasteiger partial charge < -0.3 is 19.2 Å². The number of ether oxygens (including phenoxy) is 1. The van der Waals surface area contributed by atoms with Crippen LogP contribution in [0.3, 0.4) is 0 Å². The second-order valence-corrected chi connectivity index (χ2v) is 8.09. The fourth-order valence-corrected chi connectivity index (χ4v) is 4.29. The van der Waals surface area contributed by atoms with Crippen LogP contribution in [-0.4, -0.2) is 71.3 Å². The number of aliphatic carboxylic acids is 1. The molecular weight excluding hydrogens is 405 g/mol. The number of hydrogen-bond acceptors (Lipinski definition) is 5. The van der Waals surface area contributed by atoms with Gasteiger partial charge in [0, 0.05) is 32.1 Å². The van der Waals surface area contributed by atoms with E-state index in [-0.39, 0.29) is 12.0 Å². The van der Waals surface area contributed by atoms with Gasteiger partial charge in [0.2, 0.25) is 5.91 Å². The third kappa shape index (κ3) is 5.98. The topological polar surface area (TPSA) is 83.2 Å². The maximum Gasteiger partial charge on any atom is 0.490 e. The number of carbonyl (C=O) groups is 2. The quantitative estimate of drug-likeness (QED) is 0.788. The van der Waals surface area contributed by atoms with Gasteiger partial charge in [-0.25, -0.2) is 4.79 Å². The minimum Gasteiger partial charge on any atom is -0.475 e. The van der Waals surface area contributed by atoms with Crippen molar-refractivity contribution in [3.05, 3.63) is 23.7 Å². The van der Waals surface area contributed by atoms with Gasteiger partial charge in [-0.15, -0.1) is 0 Å². The van der Waals surface area contributed by atoms with Crippen molar-refractivity contribution < 1.29 is 37.0 Å². The molecule has 30 heavy (non-hydrogen) atoms. The summed E-state index contributed by atoms with van der Waals surface area (Å²) in [5.41, 5.74) is 0. The first-order valence-electron chi connectivity index (χ1n) is 10.1. The second kappa shape index (κ2) is 9.38. The number of carboxylic acid groups (broad SMARTS) is 1. The average molecular weight is 432 g/mol. The largest absolute Gasteiger partial charge is 0.490 e. The van der Waals surface area contributed by atoms with Gasteiger partial charge in [0.25, 0.3) is 0 Å². The number of hydrogen-bond donors (Lipinski definition) is 1. The van der Waals surface area contributed by atoms with Gasteiger partial charge in [-0.3, -0.25) is 9.69 Å². The van der Waals surface area contributed by atoms with Crippen molar-refractivity contribution in [3.8, 4) is 0 Å². The van der Waals surface area contributed by atoms with Crippen LogP contribution >= 0.6 is 0 Å². The Bertz CT molecular complexity index is 731. The van der Waals surface area contributed by atoms with Gasteiger partial charge in [0.15, 0.2) is 0 Å². The predicted octanol–water partition coefficient (Wildman–Crippen LogP) is 2.82. The average Bonchev–Trinajstić information content (AvgIpc) is 3.40. The summed E-state index contributed by atoms with van der Waals surface area (Å²) in [6.45, 7) is 6.73. The Labute approximate surface area is 172 Å². The summed E-state index contributed by atoms with van der Waals surface area (Å²) < 4.78 is 43.6. The first-order valence-corrected chi connectivity index (χ1v) is 10.1. The molecule has 0 aromatic carbocycles. The molecule has 0 saturated carbocycles. The first-order chi connectivity index (χ1) is 14.1. The first kappa shape index (κ1) is 22.6. The van der Waals surface area contributed by atoms with Gasteiger partial charge in [-0.2, -0.15) is 13.2 Å². The van der Waals surface area contributed by atoms with Crippen molar-refractivity contribution in [3.63, 3.8) is 0 Å². The fourth-order valence-electron chi connectivity index (χ4n) is 4.29. The number of fused-ring (bicyclic) bond motifs is 1. The van der Waals surface area contributed by atoms with E-state index < -0.39 is 12.1 Å². The van der Waals surface area contributed by atoms with E-state index in [1.165, 1.54) is 0 Å². The molecule has 1 N–H and O–H groups in total. The third-order valence-corrected chi connectivity index (χ3v) is 5.67. The number of halogens is 3. The molecular formula is C20H27F3N2O5. The monoisotopic (exact) mass is 432 g/mol. The molecule has 4 rings (SSSR count). The molecule has 4 heterocycles. The Hall–Kier alpha value is -2.07. The molecule has 3 atom stereocenters. The summed E-state index contributed by atoms with van der Waals surface area (Å²) in [6, 6.07) is 4.07. The van der Waals surface area contributed by atoms with Crippen LogP contribution < -0.4 is 0 Å². The van der Waals surface area contributed by atoms with Crippen molar-refractivity contribution in [2.24, 2.45) is 5.92 Å². The van der Waals surface area contributed by atoms with E-state index in [1.54, 1.807) is 0 Å². The molecule has 3 aliphatic heterocycles. The zero-order chi connectivity index (χ0) is 21.9. The molecule has 7 nitrogen and oxygen atoms in total. The summed E-state index contributed by atoms with van der Waals surface area (Å²) in [5.74, 6) is 0.102. The number of rotatable bonds is 4. The van der Waals surface area contributed by atoms with Crippen molar-refractivity contribution in [2.45, 2.75) is 57.5 Å². The van der Waals surface area contributed by atoms with Crippen molar-refractivity contribution in [1.82, 2.24) is 9.80 Å². The van der Waals surface area contributed by atoms with Gasteiger partial charge in [0.05, 0.1) is 25.2 Å². The van der Waals surface area contributed by atoms with E-state index in [0.29, 0.717) is 18.4 Å². The Balaban J connectivity index is 0.000000318. The number of carbonyl (C=O) groups excluding carboxylic acids is 1. The number of nitrogens with zero attached hydrogens (tertiary/aromatic N) is 2. The third-order valence-electron chi connectivity index (χ3n) is 5.67. The molecule has 0 aliphatic carbocycles. The summed E-state index contributed by atoms with van der Waals surface area (Å²) >= 11 is 0. The number of aryl methyl sites for hydroxylation is 1. The summed E-state index contributed by atoms with van der Waals surface area (Å²) in [7, 11) is 0. The van der Waals surface area contributed by atoms with E-state index >= 15 is 0 Å². The van der Waals surface area contributed by atoms with Crippen LogP contribution in [0.1, 0.15) is 37.2 Å². The summed E-state index contributed by atoms with van der Waals surface area (Å²) in [6.07, 6.45) is -0.746. The van der Waals surface area contributed by atoms with Crippen molar-refractivity contribution in [2.75, 3.05) is 26.2 Å². The molecule has 0 bridgehead atoms. The molecule has 10 heteroatoms. The van der Waals surface area contributed by atoms with Gasteiger partial charge in [-0.1, -0.05) is 0 Å². The SMILES string of the molecule is Cc1ccc(CN2C[C@@H]3C[C@H](CC(=O)N4CCCC4)O[C@@H]3C2)o1.O=C(O)C(F)(F)F. The zero-order valence-corrected chi connectivity index (χ0v) is 16.9. The maximum atomic E-state index is 12.3. The number of likely N-dealkylation sites (tertiary alicyclic amines) is 2. The molecule has 0 spiro atoms. The van der Waals surface area contributed by atoms with Crippen LogP contribution in [0.4, 0.5) is 13.2 Å². The van der Waals surface area contributed by atoms with Crippen molar-refractivity contribution in [1.29, 1.82) is 0 Å². The predicted molar refractivity (Wildman–Crippen MR) is 99.6 cm³/mol. The molecule has 3 aliphatic rings. The Morgan fingerprint density at radius 2 is 1.87 bits per heavy atom. The molecule has 1 amide bonds. The smallest absolute Gasteiger partial charge is 0.475 e. The Kier molecular flexibility index (Phi) is 7.07. The second-order valence-electron chi connectivity index (χ2n) is 8.09. The number of amides is 1. The van der Waals surface area contributed by atoms with E-state index in [0.717, 1.165) is 63.5 Å². The number of alkyl halides is 3. The minimum atomic E-state index is -5.08. The summed E-state index contributed by atoms with van der Waals surface area (Å²) in [5, 5.41) is 7.12. The molecule has 3 fully saturated rings. The highest BCUT2D eigenvalue weighted by Crippen LogP contribution is 2.35. The zero-order valence-electron chi connectivity index (χ0n) is 16.9. The Morgan fingerprint density at radius 3 is 2.40 bits per heavy atom. The number of furan rings is 1. The van der Waals surface area contributed by atoms with Gasteiger partial charge in [0.1, 0.15) is 11.5 Å². The highest BCUT2D eigenvalue weighted by atomic mass is 19.4. The van der Waals surface area contributed by atoms with Crippen LogP contribution in [-0.2, 0) is 20.9 Å². The molecule has 3 saturated heterocycles. The van der Waals surface area contributed by atoms with E-state index in [1.807, 2.05) is 17.9 Å². The van der Waals surface area contributed by atoms with Gasteiger partial charge >= 0.3 is 12.1 Å². The lowest BCUT2D eigenvalue weighted by Crippen LogP contribution is -2.32. The molecule has 168 valence electrons. The Morgan fingerprint density at radius 1 is 1.20 bits per heavy atom. The maximum absolute atomic E-state index is 12.3. The lowest BCUT2D eigenvalue weighted by molar-refractivity contribution is -0.192. The van der Waals surface area contributed by atoms with Crippen LogP contribution in [0.5, 0.6) is 0 Å². The van der Waals surface area contributed by atoms with Crippen LogP contribution in [0.15, 0.2) is 16.5 Å². The molecule has 0 radical (unpaired) electrons. The van der Waals surface area contributed by atoms with Crippen LogP contribution in [0.25, 0.3) is 0 Å². The lowest BCUT2D eigenvalue weighted by Gasteiger charge is -2.20. The minimum absolute atomic E-state index is 0.131. The molecule has 1 aromatic heterocycles. The molecule has 0 unspecified atom stereocenters. The van der Waals surface area contributed by atoms with Crippen LogP contribution in [0.2, 0.25) is 0 Å². The normalized spacial score (nSPS) is 26.4. The van der Waals surface area contributed by atoms with E-state index in [2.05, 4.69) is 11.0 Å². The highest BCUT2D eigenvalue weighted by Gasteiger charge is 2.43. The standard InChI is InChI=1S/C18H26N2O3.C2HF3O2/c1-13-4-5-15(22-13)11-19-10-14-8-16(23-17(14)12-19)9-18(21)20-6-2-3-7-20;3-2(4,5)1(6)7/h4-5,14,16-17H,2-3,6-12H2,1H3;(H,6,7)/t14-,16+,17+;/m0./s1. The summed E-state index contributed by atoms with van der Waals surface area (Å²) in [4.78, 5) is 25.6. The fraction of sp³-hybridized carbons (Fsp3) is 0.700. The number of carboxylic acids is 1. The van der Waals surface area contributed by atoms with Crippen molar-refractivity contribution >= 4 is 11.9 Å². The van der Waals surface area contributed by atoms with E-state index in [4.69, 9.17) is 19.1 Å².